The minimum atomic E-state index is 0.351. The second kappa shape index (κ2) is 4.60. The molecule has 2 unspecified atom stereocenters. The molecule has 2 heterocycles. The van der Waals surface area contributed by atoms with Crippen molar-refractivity contribution in [3.63, 3.8) is 0 Å². The molecule has 0 aliphatic carbocycles. The van der Waals surface area contributed by atoms with Gasteiger partial charge in [-0.1, -0.05) is 0 Å². The van der Waals surface area contributed by atoms with Crippen LogP contribution >= 0.6 is 0 Å². The first-order valence-corrected chi connectivity index (χ1v) is 5.67. The predicted octanol–water partition coefficient (Wildman–Crippen LogP) is 1.04. The maximum atomic E-state index is 5.65. The Hall–Kier alpha value is -0.120. The van der Waals surface area contributed by atoms with Gasteiger partial charge in [0.15, 0.2) is 0 Å². The summed E-state index contributed by atoms with van der Waals surface area (Å²) in [5.41, 5.74) is 0.351. The molecule has 2 fully saturated rings. The molecular formula is C11H21NO2. The Morgan fingerprint density at radius 2 is 2.29 bits per heavy atom. The monoisotopic (exact) mass is 199 g/mol. The number of ether oxygens (including phenoxy) is 2. The topological polar surface area (TPSA) is 30.5 Å². The Bertz CT molecular complexity index is 167. The summed E-state index contributed by atoms with van der Waals surface area (Å²) < 4.78 is 11.2. The van der Waals surface area contributed by atoms with Crippen molar-refractivity contribution in [2.24, 2.45) is 11.3 Å². The number of hydrogen-bond donors (Lipinski definition) is 1. The maximum absolute atomic E-state index is 5.65. The standard InChI is InChI=1S/C11H21NO2/c1-12-8-11(4-2-5-14-9-11)10-3-6-13-7-10/h10,12H,2-9H2,1H3. The van der Waals surface area contributed by atoms with Gasteiger partial charge >= 0.3 is 0 Å². The molecule has 1 N–H and O–H groups in total. The van der Waals surface area contributed by atoms with Crippen molar-refractivity contribution in [2.75, 3.05) is 40.0 Å². The molecule has 2 rings (SSSR count). The molecular weight excluding hydrogens is 178 g/mol. The van der Waals surface area contributed by atoms with Crippen LogP contribution in [0.3, 0.4) is 0 Å². The Labute approximate surface area is 86.2 Å². The highest BCUT2D eigenvalue weighted by Crippen LogP contribution is 2.40. The average Bonchev–Trinajstić information content (AvgIpc) is 2.73. The SMILES string of the molecule is CNCC1(C2CCOC2)CCCOC1. The number of hydrogen-bond acceptors (Lipinski definition) is 3. The summed E-state index contributed by atoms with van der Waals surface area (Å²) in [5.74, 6) is 0.704. The zero-order chi connectivity index (χ0) is 9.86. The van der Waals surface area contributed by atoms with E-state index in [9.17, 15) is 0 Å². The molecule has 82 valence electrons. The molecule has 2 atom stereocenters. The Morgan fingerprint density at radius 1 is 1.36 bits per heavy atom. The lowest BCUT2D eigenvalue weighted by Crippen LogP contribution is -2.46. The van der Waals surface area contributed by atoms with Gasteiger partial charge in [-0.15, -0.1) is 0 Å². The van der Waals surface area contributed by atoms with E-state index in [2.05, 4.69) is 5.32 Å². The molecule has 0 saturated carbocycles. The summed E-state index contributed by atoms with van der Waals surface area (Å²) in [5, 5.41) is 3.32. The van der Waals surface area contributed by atoms with Crippen molar-refractivity contribution >= 4 is 0 Å². The van der Waals surface area contributed by atoms with E-state index in [1.165, 1.54) is 19.3 Å². The fourth-order valence-electron chi connectivity index (χ4n) is 2.85. The van der Waals surface area contributed by atoms with Gasteiger partial charge in [0.05, 0.1) is 13.2 Å². The third-order valence-electron chi connectivity index (χ3n) is 3.68. The molecule has 14 heavy (non-hydrogen) atoms. The van der Waals surface area contributed by atoms with E-state index in [0.717, 1.165) is 33.0 Å². The summed E-state index contributed by atoms with van der Waals surface area (Å²) in [7, 11) is 2.03. The van der Waals surface area contributed by atoms with Gasteiger partial charge in [0.1, 0.15) is 0 Å². The van der Waals surface area contributed by atoms with Crippen LogP contribution in [0.2, 0.25) is 0 Å². The second-order valence-corrected chi connectivity index (χ2v) is 4.61. The van der Waals surface area contributed by atoms with Crippen molar-refractivity contribution in [1.29, 1.82) is 0 Å². The van der Waals surface area contributed by atoms with Crippen LogP contribution in [0.1, 0.15) is 19.3 Å². The Kier molecular flexibility index (Phi) is 3.42. The van der Waals surface area contributed by atoms with Gasteiger partial charge in [-0.05, 0) is 32.2 Å². The van der Waals surface area contributed by atoms with E-state index >= 15 is 0 Å². The van der Waals surface area contributed by atoms with Crippen molar-refractivity contribution in [3.05, 3.63) is 0 Å². The fourth-order valence-corrected chi connectivity index (χ4v) is 2.85. The summed E-state index contributed by atoms with van der Waals surface area (Å²) in [4.78, 5) is 0. The largest absolute Gasteiger partial charge is 0.381 e. The molecule has 3 nitrogen and oxygen atoms in total. The summed E-state index contributed by atoms with van der Waals surface area (Å²) in [6.07, 6.45) is 3.71. The lowest BCUT2D eigenvalue weighted by atomic mass is 9.71. The highest BCUT2D eigenvalue weighted by Gasteiger charge is 2.41. The molecule has 0 aromatic rings. The maximum Gasteiger partial charge on any atom is 0.0538 e. The van der Waals surface area contributed by atoms with Crippen LogP contribution in [0.4, 0.5) is 0 Å². The lowest BCUT2D eigenvalue weighted by molar-refractivity contribution is -0.0424. The molecule has 0 aromatic carbocycles. The highest BCUT2D eigenvalue weighted by molar-refractivity contribution is 4.91. The van der Waals surface area contributed by atoms with Crippen molar-refractivity contribution in [2.45, 2.75) is 19.3 Å². The van der Waals surface area contributed by atoms with Gasteiger partial charge in [0, 0.05) is 25.2 Å². The van der Waals surface area contributed by atoms with Crippen molar-refractivity contribution < 1.29 is 9.47 Å². The molecule has 0 amide bonds. The number of rotatable bonds is 3. The van der Waals surface area contributed by atoms with Crippen LogP contribution in [0, 0.1) is 11.3 Å². The molecule has 3 heteroatoms. The summed E-state index contributed by atoms with van der Waals surface area (Å²) >= 11 is 0. The van der Waals surface area contributed by atoms with Crippen LogP contribution in [-0.2, 0) is 9.47 Å². The lowest BCUT2D eigenvalue weighted by Gasteiger charge is -2.41. The third-order valence-corrected chi connectivity index (χ3v) is 3.68. The minimum Gasteiger partial charge on any atom is -0.381 e. The third kappa shape index (κ3) is 1.95. The fraction of sp³-hybridized carbons (Fsp3) is 1.00. The van der Waals surface area contributed by atoms with Crippen LogP contribution in [0.15, 0.2) is 0 Å². The van der Waals surface area contributed by atoms with E-state index < -0.39 is 0 Å². The normalized spacial score (nSPS) is 38.8. The van der Waals surface area contributed by atoms with E-state index in [4.69, 9.17) is 9.47 Å². The molecule has 2 aliphatic heterocycles. The first-order valence-electron chi connectivity index (χ1n) is 5.67. The summed E-state index contributed by atoms with van der Waals surface area (Å²) in [6, 6.07) is 0. The zero-order valence-electron chi connectivity index (χ0n) is 9.05. The van der Waals surface area contributed by atoms with E-state index in [0.29, 0.717) is 11.3 Å². The van der Waals surface area contributed by atoms with E-state index in [-0.39, 0.29) is 0 Å². The highest BCUT2D eigenvalue weighted by atomic mass is 16.5. The molecule has 0 aromatic heterocycles. The summed E-state index contributed by atoms with van der Waals surface area (Å²) in [6.45, 7) is 4.81. The van der Waals surface area contributed by atoms with Gasteiger partial charge in [-0.2, -0.15) is 0 Å². The smallest absolute Gasteiger partial charge is 0.0538 e. The van der Waals surface area contributed by atoms with E-state index in [1.54, 1.807) is 0 Å². The van der Waals surface area contributed by atoms with Crippen LogP contribution in [0.5, 0.6) is 0 Å². The van der Waals surface area contributed by atoms with Gasteiger partial charge in [-0.3, -0.25) is 0 Å². The first-order chi connectivity index (χ1) is 6.87. The second-order valence-electron chi connectivity index (χ2n) is 4.61. The molecule has 2 aliphatic rings. The van der Waals surface area contributed by atoms with Gasteiger partial charge < -0.3 is 14.8 Å². The molecule has 2 saturated heterocycles. The van der Waals surface area contributed by atoms with Crippen molar-refractivity contribution in [1.82, 2.24) is 5.32 Å². The van der Waals surface area contributed by atoms with Crippen molar-refractivity contribution in [3.8, 4) is 0 Å². The Balaban J connectivity index is 2.02. The van der Waals surface area contributed by atoms with E-state index in [1.807, 2.05) is 7.05 Å². The van der Waals surface area contributed by atoms with Crippen LogP contribution in [0.25, 0.3) is 0 Å². The van der Waals surface area contributed by atoms with Gasteiger partial charge in [0.25, 0.3) is 0 Å². The van der Waals surface area contributed by atoms with Gasteiger partial charge in [0.2, 0.25) is 0 Å². The quantitative estimate of drug-likeness (QED) is 0.736. The van der Waals surface area contributed by atoms with Gasteiger partial charge in [-0.25, -0.2) is 0 Å². The van der Waals surface area contributed by atoms with Crippen LogP contribution < -0.4 is 5.32 Å². The molecule has 0 radical (unpaired) electrons. The van der Waals surface area contributed by atoms with Crippen LogP contribution in [-0.4, -0.2) is 40.0 Å². The molecule has 0 spiro atoms. The number of nitrogens with one attached hydrogen (secondary N) is 1. The first kappa shape index (κ1) is 10.4. The Morgan fingerprint density at radius 3 is 2.86 bits per heavy atom. The minimum absolute atomic E-state index is 0.351. The predicted molar refractivity (Wildman–Crippen MR) is 55.3 cm³/mol. The average molecular weight is 199 g/mol. The zero-order valence-corrected chi connectivity index (χ0v) is 9.05. The molecule has 0 bridgehead atoms.